The molecule has 1 amide bonds. The van der Waals surface area contributed by atoms with Crippen LogP contribution in [0.4, 0.5) is 5.69 Å². The molecule has 1 N–H and O–H groups in total. The van der Waals surface area contributed by atoms with Crippen molar-refractivity contribution in [3.63, 3.8) is 0 Å². The van der Waals surface area contributed by atoms with Crippen LogP contribution in [0.5, 0.6) is 0 Å². The van der Waals surface area contributed by atoms with Gasteiger partial charge >= 0.3 is 0 Å². The summed E-state index contributed by atoms with van der Waals surface area (Å²) in [5, 5.41) is 2.83. The molecule has 0 spiro atoms. The van der Waals surface area contributed by atoms with Gasteiger partial charge in [-0.3, -0.25) is 4.79 Å². The number of hydrogen-bond donors (Lipinski definition) is 1. The molecule has 2 aromatic carbocycles. The van der Waals surface area contributed by atoms with Crippen molar-refractivity contribution >= 4 is 47.6 Å². The summed E-state index contributed by atoms with van der Waals surface area (Å²) in [5.74, 6) is -0.578. The highest BCUT2D eigenvalue weighted by atomic mass is 79.9. The normalized spacial score (nSPS) is 16.0. The van der Waals surface area contributed by atoms with Gasteiger partial charge < -0.3 is 5.32 Å². The SMILES string of the molecule is CCN(CC)S(=O)(=O)c1ccc(NC(=O)C2CCN(S(=O)(=O)Cc3cccc(Br)c3)CC2)cc1. The molecule has 0 aliphatic carbocycles. The molecule has 0 saturated carbocycles. The number of rotatable bonds is 9. The topological polar surface area (TPSA) is 104 Å². The highest BCUT2D eigenvalue weighted by Gasteiger charge is 2.31. The van der Waals surface area contributed by atoms with Crippen LogP contribution in [0.15, 0.2) is 57.9 Å². The van der Waals surface area contributed by atoms with Gasteiger partial charge in [0, 0.05) is 42.3 Å². The number of halogens is 1. The summed E-state index contributed by atoms with van der Waals surface area (Å²) in [6.45, 7) is 4.91. The Balaban J connectivity index is 1.56. The van der Waals surface area contributed by atoms with Crippen LogP contribution in [-0.2, 0) is 30.6 Å². The van der Waals surface area contributed by atoms with Crippen molar-refractivity contribution in [2.45, 2.75) is 37.3 Å². The maximum atomic E-state index is 12.8. The van der Waals surface area contributed by atoms with Gasteiger partial charge in [0.2, 0.25) is 26.0 Å². The first-order valence-electron chi connectivity index (χ1n) is 11.2. The highest BCUT2D eigenvalue weighted by molar-refractivity contribution is 9.10. The van der Waals surface area contributed by atoms with Gasteiger partial charge in [0.25, 0.3) is 0 Å². The van der Waals surface area contributed by atoms with E-state index >= 15 is 0 Å². The monoisotopic (exact) mass is 571 g/mol. The fourth-order valence-corrected chi connectivity index (χ4v) is 7.45. The number of sulfonamides is 2. The lowest BCUT2D eigenvalue weighted by atomic mass is 9.97. The van der Waals surface area contributed by atoms with Gasteiger partial charge in [-0.2, -0.15) is 4.31 Å². The number of amides is 1. The van der Waals surface area contributed by atoms with Crippen LogP contribution >= 0.6 is 15.9 Å². The molecule has 11 heteroatoms. The zero-order valence-electron chi connectivity index (χ0n) is 19.3. The van der Waals surface area contributed by atoms with Gasteiger partial charge in [0.1, 0.15) is 0 Å². The number of nitrogens with zero attached hydrogens (tertiary/aromatic N) is 2. The molecule has 3 rings (SSSR count). The second kappa shape index (κ2) is 11.3. The van der Waals surface area contributed by atoms with Crippen molar-refractivity contribution in [1.82, 2.24) is 8.61 Å². The van der Waals surface area contributed by atoms with Crippen LogP contribution < -0.4 is 5.32 Å². The predicted molar refractivity (Wildman–Crippen MR) is 136 cm³/mol. The van der Waals surface area contributed by atoms with Gasteiger partial charge in [-0.05, 0) is 54.8 Å². The Bertz CT molecular complexity index is 1210. The molecule has 34 heavy (non-hydrogen) atoms. The summed E-state index contributed by atoms with van der Waals surface area (Å²) in [6, 6.07) is 13.3. The molecule has 0 radical (unpaired) electrons. The fraction of sp³-hybridized carbons (Fsp3) is 0.435. The second-order valence-corrected chi connectivity index (χ2v) is 13.0. The molecule has 0 aromatic heterocycles. The Hall–Kier alpha value is -1.79. The van der Waals surface area contributed by atoms with Crippen molar-refractivity contribution in [2.24, 2.45) is 5.92 Å². The van der Waals surface area contributed by atoms with E-state index in [9.17, 15) is 21.6 Å². The summed E-state index contributed by atoms with van der Waals surface area (Å²) in [4.78, 5) is 12.9. The Morgan fingerprint density at radius 2 is 1.65 bits per heavy atom. The van der Waals surface area contributed by atoms with Crippen LogP contribution in [0.3, 0.4) is 0 Å². The van der Waals surface area contributed by atoms with E-state index in [2.05, 4.69) is 21.2 Å². The number of carbonyl (C=O) groups excluding carboxylic acids is 1. The number of anilines is 1. The largest absolute Gasteiger partial charge is 0.326 e. The fourth-order valence-electron chi connectivity index (χ4n) is 3.99. The molecular weight excluding hydrogens is 542 g/mol. The standard InChI is InChI=1S/C23H30BrN3O5S2/c1-3-26(4-2)34(31,32)22-10-8-21(9-11-22)25-23(28)19-12-14-27(15-13-19)33(29,30)17-18-6-5-7-20(24)16-18/h5-11,16,19H,3-4,12-15,17H2,1-2H3,(H,25,28). The lowest BCUT2D eigenvalue weighted by Gasteiger charge is -2.30. The van der Waals surface area contributed by atoms with E-state index in [4.69, 9.17) is 0 Å². The summed E-state index contributed by atoms with van der Waals surface area (Å²) in [6.07, 6.45) is 0.857. The van der Waals surface area contributed by atoms with Gasteiger partial charge in [-0.15, -0.1) is 0 Å². The smallest absolute Gasteiger partial charge is 0.243 e. The summed E-state index contributed by atoms with van der Waals surface area (Å²) >= 11 is 3.36. The first kappa shape index (κ1) is 26.8. The van der Waals surface area contributed by atoms with Crippen molar-refractivity contribution in [1.29, 1.82) is 0 Å². The third-order valence-corrected chi connectivity index (χ3v) is 10.3. The lowest BCUT2D eigenvalue weighted by molar-refractivity contribution is -0.120. The van der Waals surface area contributed by atoms with E-state index in [1.165, 1.54) is 20.7 Å². The van der Waals surface area contributed by atoms with Gasteiger partial charge in [0.15, 0.2) is 0 Å². The highest BCUT2D eigenvalue weighted by Crippen LogP contribution is 2.25. The quantitative estimate of drug-likeness (QED) is 0.494. The second-order valence-electron chi connectivity index (χ2n) is 8.16. The molecule has 0 unspecified atom stereocenters. The number of hydrogen-bond acceptors (Lipinski definition) is 5. The van der Waals surface area contributed by atoms with Crippen molar-refractivity contribution < 1.29 is 21.6 Å². The van der Waals surface area contributed by atoms with Crippen LogP contribution in [0.1, 0.15) is 32.3 Å². The Morgan fingerprint density at radius 1 is 1.03 bits per heavy atom. The van der Waals surface area contributed by atoms with E-state index in [-0.39, 0.29) is 35.6 Å². The predicted octanol–water partition coefficient (Wildman–Crippen LogP) is 3.66. The Morgan fingerprint density at radius 3 is 2.21 bits per heavy atom. The van der Waals surface area contributed by atoms with E-state index in [0.29, 0.717) is 37.2 Å². The van der Waals surface area contributed by atoms with Gasteiger partial charge in [0.05, 0.1) is 10.6 Å². The van der Waals surface area contributed by atoms with Crippen LogP contribution in [0, 0.1) is 5.92 Å². The van der Waals surface area contributed by atoms with Crippen LogP contribution in [0.2, 0.25) is 0 Å². The lowest BCUT2D eigenvalue weighted by Crippen LogP contribution is -2.41. The van der Waals surface area contributed by atoms with Gasteiger partial charge in [-0.1, -0.05) is 41.9 Å². The average Bonchev–Trinajstić information content (AvgIpc) is 2.80. The molecule has 1 saturated heterocycles. The minimum absolute atomic E-state index is 0.0773. The number of carbonyl (C=O) groups is 1. The number of piperidine rings is 1. The molecule has 0 bridgehead atoms. The molecule has 1 heterocycles. The van der Waals surface area contributed by atoms with E-state index in [1.54, 1.807) is 44.2 Å². The maximum Gasteiger partial charge on any atom is 0.243 e. The van der Waals surface area contributed by atoms with Crippen molar-refractivity contribution in [3.05, 3.63) is 58.6 Å². The average molecular weight is 573 g/mol. The van der Waals surface area contributed by atoms with Crippen LogP contribution in [-0.4, -0.2) is 57.5 Å². The van der Waals surface area contributed by atoms with Crippen molar-refractivity contribution in [2.75, 3.05) is 31.5 Å². The zero-order valence-corrected chi connectivity index (χ0v) is 22.5. The summed E-state index contributed by atoms with van der Waals surface area (Å²) < 4.78 is 54.4. The van der Waals surface area contributed by atoms with E-state index in [0.717, 1.165) is 4.47 Å². The van der Waals surface area contributed by atoms with Crippen molar-refractivity contribution in [3.8, 4) is 0 Å². The molecule has 8 nitrogen and oxygen atoms in total. The van der Waals surface area contributed by atoms with Gasteiger partial charge in [-0.25, -0.2) is 21.1 Å². The molecular formula is C23H30BrN3O5S2. The molecule has 2 aromatic rings. The minimum Gasteiger partial charge on any atom is -0.326 e. The molecule has 1 aliphatic rings. The molecule has 1 aliphatic heterocycles. The molecule has 0 atom stereocenters. The zero-order chi connectivity index (χ0) is 24.9. The third kappa shape index (κ3) is 6.45. The third-order valence-electron chi connectivity index (χ3n) is 5.92. The Labute approximate surface area is 210 Å². The summed E-state index contributed by atoms with van der Waals surface area (Å²) in [5.41, 5.74) is 1.22. The first-order valence-corrected chi connectivity index (χ1v) is 15.0. The maximum absolute atomic E-state index is 12.8. The molecule has 1 fully saturated rings. The number of benzene rings is 2. The van der Waals surface area contributed by atoms with E-state index in [1.807, 2.05) is 6.07 Å². The number of nitrogens with one attached hydrogen (secondary N) is 1. The van der Waals surface area contributed by atoms with Crippen LogP contribution in [0.25, 0.3) is 0 Å². The van der Waals surface area contributed by atoms with E-state index < -0.39 is 20.0 Å². The molecule has 186 valence electrons. The summed E-state index contributed by atoms with van der Waals surface area (Å²) in [7, 11) is -7.03. The minimum atomic E-state index is -3.56. The Kier molecular flexibility index (Phi) is 8.91. The first-order chi connectivity index (χ1) is 16.1.